The number of rotatable bonds is 4. The minimum atomic E-state index is 0.619. The van der Waals surface area contributed by atoms with Crippen LogP contribution in [0.3, 0.4) is 0 Å². The summed E-state index contributed by atoms with van der Waals surface area (Å²) < 4.78 is 24.7. The molecule has 0 aliphatic carbocycles. The molecule has 5 nitrogen and oxygen atoms in total. The number of hydrogen-bond donors (Lipinski definition) is 0. The van der Waals surface area contributed by atoms with Crippen molar-refractivity contribution in [1.82, 2.24) is 0 Å². The van der Waals surface area contributed by atoms with Crippen molar-refractivity contribution in [3.8, 4) is 34.3 Å². The van der Waals surface area contributed by atoms with Gasteiger partial charge in [0.2, 0.25) is 11.4 Å². The number of pyridine rings is 1. The van der Waals surface area contributed by atoms with Gasteiger partial charge < -0.3 is 18.9 Å². The van der Waals surface area contributed by atoms with Crippen LogP contribution in [0.25, 0.3) is 22.0 Å². The summed E-state index contributed by atoms with van der Waals surface area (Å²) in [6.07, 6.45) is 3.11. The van der Waals surface area contributed by atoms with Crippen LogP contribution in [0.15, 0.2) is 30.5 Å². The van der Waals surface area contributed by atoms with Gasteiger partial charge in [0.1, 0.15) is 5.75 Å². The molecule has 0 bridgehead atoms. The first-order valence-electron chi connectivity index (χ1n) is 8.95. The summed E-state index contributed by atoms with van der Waals surface area (Å²) in [6.45, 7) is 2.97. The number of nitrogens with zero attached hydrogens (tertiary/aromatic N) is 1. The topological polar surface area (TPSA) is 40.8 Å². The lowest BCUT2D eigenvalue weighted by Gasteiger charge is -2.21. The van der Waals surface area contributed by atoms with Gasteiger partial charge in [-0.15, -0.1) is 0 Å². The highest BCUT2D eigenvalue weighted by Crippen LogP contribution is 2.47. The summed E-state index contributed by atoms with van der Waals surface area (Å²) >= 11 is 0. The van der Waals surface area contributed by atoms with Crippen LogP contribution in [-0.2, 0) is 13.0 Å². The number of ether oxygens (including phenoxy) is 4. The average molecular weight is 366 g/mol. The van der Waals surface area contributed by atoms with Gasteiger partial charge in [-0.05, 0) is 41.6 Å². The molecule has 0 unspecified atom stereocenters. The highest BCUT2D eigenvalue weighted by molar-refractivity contribution is 5.88. The predicted octanol–water partition coefficient (Wildman–Crippen LogP) is 3.69. The molecule has 1 aliphatic rings. The van der Waals surface area contributed by atoms with Crippen LogP contribution in [0.2, 0.25) is 0 Å². The van der Waals surface area contributed by atoms with Crippen LogP contribution in [0.4, 0.5) is 0 Å². The van der Waals surface area contributed by atoms with Crippen molar-refractivity contribution in [2.24, 2.45) is 0 Å². The fourth-order valence-corrected chi connectivity index (χ4v) is 3.98. The Morgan fingerprint density at radius 3 is 2.19 bits per heavy atom. The van der Waals surface area contributed by atoms with Crippen LogP contribution < -0.4 is 23.5 Å². The zero-order valence-corrected chi connectivity index (χ0v) is 16.4. The van der Waals surface area contributed by atoms with Gasteiger partial charge in [-0.3, -0.25) is 0 Å². The third-order valence-corrected chi connectivity index (χ3v) is 5.29. The van der Waals surface area contributed by atoms with E-state index >= 15 is 0 Å². The summed E-state index contributed by atoms with van der Waals surface area (Å²) in [7, 11) is 6.66. The zero-order chi connectivity index (χ0) is 19.1. The Hall–Kier alpha value is -2.95. The third-order valence-electron chi connectivity index (χ3n) is 5.29. The number of hydrogen-bond acceptors (Lipinski definition) is 4. The first kappa shape index (κ1) is 17.5. The molecule has 140 valence electrons. The minimum absolute atomic E-state index is 0.619. The Morgan fingerprint density at radius 2 is 1.52 bits per heavy atom. The normalized spacial score (nSPS) is 12.3. The number of aromatic nitrogens is 1. The van der Waals surface area contributed by atoms with Crippen LogP contribution in [0.5, 0.6) is 23.0 Å². The van der Waals surface area contributed by atoms with Gasteiger partial charge in [0.25, 0.3) is 0 Å². The SMILES string of the molecule is COc1cc2cc3[n+](cc2cc1C)CCc1cc(OC)c(OC)c(OC)c1-3. The molecular formula is C22H24NO4+. The third kappa shape index (κ3) is 2.65. The first-order valence-corrected chi connectivity index (χ1v) is 8.95. The van der Waals surface area contributed by atoms with Crippen molar-refractivity contribution in [1.29, 1.82) is 0 Å². The lowest BCUT2D eigenvalue weighted by molar-refractivity contribution is -0.686. The maximum Gasteiger partial charge on any atom is 0.217 e. The van der Waals surface area contributed by atoms with Crippen molar-refractivity contribution >= 4 is 10.8 Å². The average Bonchev–Trinajstić information content (AvgIpc) is 2.69. The fourth-order valence-electron chi connectivity index (χ4n) is 3.98. The second-order valence-corrected chi connectivity index (χ2v) is 6.73. The Morgan fingerprint density at radius 1 is 0.778 bits per heavy atom. The van der Waals surface area contributed by atoms with Gasteiger partial charge in [-0.1, -0.05) is 0 Å². The second-order valence-electron chi connectivity index (χ2n) is 6.73. The second kappa shape index (κ2) is 6.65. The quantitative estimate of drug-likeness (QED) is 0.661. The van der Waals surface area contributed by atoms with Crippen molar-refractivity contribution in [3.63, 3.8) is 0 Å². The number of benzene rings is 2. The molecular weight excluding hydrogens is 342 g/mol. The summed E-state index contributed by atoms with van der Waals surface area (Å²) in [6, 6.07) is 8.51. The standard InChI is InChI=1S/C22H24NO4/c1-13-8-16-12-23-7-6-14-10-19(25-3)21(26-4)22(27-5)20(14)17(23)9-15(16)11-18(13)24-2/h8-12H,6-7H2,1-5H3/q+1. The molecule has 0 spiro atoms. The van der Waals surface area contributed by atoms with Gasteiger partial charge in [-0.25, -0.2) is 0 Å². The van der Waals surface area contributed by atoms with E-state index in [1.807, 2.05) is 0 Å². The van der Waals surface area contributed by atoms with E-state index in [1.165, 1.54) is 10.9 Å². The summed E-state index contributed by atoms with van der Waals surface area (Å²) in [5.41, 5.74) is 4.49. The smallest absolute Gasteiger partial charge is 0.217 e. The predicted molar refractivity (Wildman–Crippen MR) is 104 cm³/mol. The van der Waals surface area contributed by atoms with E-state index in [9.17, 15) is 0 Å². The molecule has 5 heteroatoms. The Balaban J connectivity index is 2.02. The molecule has 3 aromatic rings. The maximum atomic E-state index is 5.77. The first-order chi connectivity index (χ1) is 13.1. The minimum Gasteiger partial charge on any atom is -0.496 e. The summed E-state index contributed by atoms with van der Waals surface area (Å²) in [5, 5.41) is 2.33. The van der Waals surface area contributed by atoms with Crippen LogP contribution in [0.1, 0.15) is 11.1 Å². The molecule has 0 amide bonds. The van der Waals surface area contributed by atoms with E-state index < -0.39 is 0 Å². The molecule has 1 aromatic heterocycles. The highest BCUT2D eigenvalue weighted by Gasteiger charge is 2.31. The van der Waals surface area contributed by atoms with Gasteiger partial charge in [0.15, 0.2) is 24.2 Å². The molecule has 0 atom stereocenters. The number of methoxy groups -OCH3 is 4. The largest absolute Gasteiger partial charge is 0.496 e. The van der Waals surface area contributed by atoms with Gasteiger partial charge in [-0.2, -0.15) is 4.57 Å². The van der Waals surface area contributed by atoms with Crippen LogP contribution >= 0.6 is 0 Å². The Bertz CT molecular complexity index is 1040. The van der Waals surface area contributed by atoms with E-state index in [1.54, 1.807) is 28.4 Å². The molecule has 2 aromatic carbocycles. The monoisotopic (exact) mass is 366 g/mol. The molecule has 1 aliphatic heterocycles. The van der Waals surface area contributed by atoms with E-state index in [-0.39, 0.29) is 0 Å². The molecule has 0 saturated heterocycles. The van der Waals surface area contributed by atoms with E-state index in [0.717, 1.165) is 40.9 Å². The summed E-state index contributed by atoms with van der Waals surface area (Å²) in [5.74, 6) is 2.91. The number of fused-ring (bicyclic) bond motifs is 4. The van der Waals surface area contributed by atoms with Gasteiger partial charge in [0, 0.05) is 17.9 Å². The Kier molecular flexibility index (Phi) is 4.30. The molecule has 0 saturated carbocycles. The molecule has 0 N–H and O–H groups in total. The van der Waals surface area contributed by atoms with Crippen molar-refractivity contribution in [2.75, 3.05) is 28.4 Å². The van der Waals surface area contributed by atoms with Crippen molar-refractivity contribution in [2.45, 2.75) is 19.9 Å². The zero-order valence-electron chi connectivity index (χ0n) is 16.4. The van der Waals surface area contributed by atoms with Gasteiger partial charge >= 0.3 is 0 Å². The van der Waals surface area contributed by atoms with E-state index in [0.29, 0.717) is 17.2 Å². The highest BCUT2D eigenvalue weighted by atomic mass is 16.5. The van der Waals surface area contributed by atoms with E-state index in [2.05, 4.69) is 42.0 Å². The number of aryl methyl sites for hydroxylation is 3. The summed E-state index contributed by atoms with van der Waals surface area (Å²) in [4.78, 5) is 0. The van der Waals surface area contributed by atoms with Crippen LogP contribution in [0, 0.1) is 6.92 Å². The van der Waals surface area contributed by atoms with E-state index in [4.69, 9.17) is 18.9 Å². The molecule has 2 heterocycles. The van der Waals surface area contributed by atoms with Gasteiger partial charge in [0.05, 0.1) is 34.0 Å². The molecule has 4 rings (SSSR count). The van der Waals surface area contributed by atoms with Crippen molar-refractivity contribution < 1.29 is 23.5 Å². The Labute approximate surface area is 159 Å². The lowest BCUT2D eigenvalue weighted by Crippen LogP contribution is -2.40. The molecule has 0 fully saturated rings. The molecule has 0 radical (unpaired) electrons. The van der Waals surface area contributed by atoms with Crippen LogP contribution in [-0.4, -0.2) is 28.4 Å². The fraction of sp³-hybridized carbons (Fsp3) is 0.318. The molecule has 27 heavy (non-hydrogen) atoms. The maximum absolute atomic E-state index is 5.77. The van der Waals surface area contributed by atoms with Crippen molar-refractivity contribution in [3.05, 3.63) is 41.6 Å². The lowest BCUT2D eigenvalue weighted by atomic mass is 9.93.